The number of ether oxygens (including phenoxy) is 1. The Balaban J connectivity index is 1.49. The minimum atomic E-state index is -0.533. The van der Waals surface area contributed by atoms with Crippen molar-refractivity contribution >= 4 is 28.5 Å². The van der Waals surface area contributed by atoms with Crippen LogP contribution in [0.2, 0.25) is 0 Å². The fourth-order valence-electron chi connectivity index (χ4n) is 3.75. The standard InChI is InChI=1S/C24H23NO5/c1-14-4-7-19(8-5-14)25-12-17(10-21(25)26)24(28)29-13-18-11-22(27)30-23-16(3)15(2)6-9-20(18)23/h4-9,11,17H,10,12-13H2,1-3H3. The average molecular weight is 405 g/mol. The summed E-state index contributed by atoms with van der Waals surface area (Å²) in [5.41, 5.74) is 4.40. The van der Waals surface area contributed by atoms with Crippen molar-refractivity contribution in [2.75, 3.05) is 11.4 Å². The second kappa shape index (κ2) is 7.78. The van der Waals surface area contributed by atoms with Crippen LogP contribution in [0.15, 0.2) is 51.7 Å². The first-order chi connectivity index (χ1) is 14.3. The normalized spacial score (nSPS) is 16.3. The van der Waals surface area contributed by atoms with E-state index in [0.717, 1.165) is 27.8 Å². The van der Waals surface area contributed by atoms with E-state index in [1.165, 1.54) is 6.07 Å². The number of fused-ring (bicyclic) bond motifs is 1. The Labute approximate surface area is 174 Å². The van der Waals surface area contributed by atoms with Crippen molar-refractivity contribution in [3.05, 3.63) is 75.1 Å². The van der Waals surface area contributed by atoms with Gasteiger partial charge in [-0.2, -0.15) is 0 Å². The molecule has 2 aromatic carbocycles. The number of carbonyl (C=O) groups excluding carboxylic acids is 2. The third-order valence-electron chi connectivity index (χ3n) is 5.69. The number of esters is 1. The number of nitrogens with zero attached hydrogens (tertiary/aromatic N) is 1. The van der Waals surface area contributed by atoms with Crippen LogP contribution in [0.5, 0.6) is 0 Å². The number of anilines is 1. The molecule has 4 rings (SSSR count). The van der Waals surface area contributed by atoms with E-state index in [-0.39, 0.29) is 25.5 Å². The highest BCUT2D eigenvalue weighted by molar-refractivity contribution is 5.99. The lowest BCUT2D eigenvalue weighted by Gasteiger charge is -2.17. The molecule has 0 spiro atoms. The number of hydrogen-bond acceptors (Lipinski definition) is 5. The van der Waals surface area contributed by atoms with Crippen LogP contribution in [0.3, 0.4) is 0 Å². The van der Waals surface area contributed by atoms with Crippen LogP contribution >= 0.6 is 0 Å². The molecule has 0 N–H and O–H groups in total. The van der Waals surface area contributed by atoms with E-state index in [1.807, 2.05) is 57.2 Å². The zero-order chi connectivity index (χ0) is 21.4. The van der Waals surface area contributed by atoms with E-state index in [2.05, 4.69) is 0 Å². The van der Waals surface area contributed by atoms with Gasteiger partial charge in [-0.1, -0.05) is 29.8 Å². The molecule has 1 unspecified atom stereocenters. The molecule has 1 aromatic heterocycles. The summed E-state index contributed by atoms with van der Waals surface area (Å²) in [6, 6.07) is 12.8. The van der Waals surface area contributed by atoms with Gasteiger partial charge in [-0.15, -0.1) is 0 Å². The van der Waals surface area contributed by atoms with Crippen LogP contribution in [-0.2, 0) is 20.9 Å². The Morgan fingerprint density at radius 3 is 2.57 bits per heavy atom. The molecule has 1 atom stereocenters. The third-order valence-corrected chi connectivity index (χ3v) is 5.69. The maximum atomic E-state index is 12.6. The maximum absolute atomic E-state index is 12.6. The minimum Gasteiger partial charge on any atom is -0.461 e. The second-order valence-corrected chi connectivity index (χ2v) is 7.82. The highest BCUT2D eigenvalue weighted by atomic mass is 16.5. The number of aryl methyl sites for hydroxylation is 3. The third kappa shape index (κ3) is 3.73. The highest BCUT2D eigenvalue weighted by Gasteiger charge is 2.36. The maximum Gasteiger partial charge on any atom is 0.336 e. The highest BCUT2D eigenvalue weighted by Crippen LogP contribution is 2.27. The lowest BCUT2D eigenvalue weighted by Crippen LogP contribution is -2.26. The van der Waals surface area contributed by atoms with Crippen molar-refractivity contribution < 1.29 is 18.7 Å². The molecule has 0 bridgehead atoms. The summed E-state index contributed by atoms with van der Waals surface area (Å²) < 4.78 is 10.9. The molecule has 0 aliphatic carbocycles. The molecule has 1 fully saturated rings. The molecule has 1 aliphatic rings. The van der Waals surface area contributed by atoms with Gasteiger partial charge in [-0.3, -0.25) is 9.59 Å². The predicted molar refractivity (Wildman–Crippen MR) is 113 cm³/mol. The van der Waals surface area contributed by atoms with Crippen LogP contribution in [0, 0.1) is 26.7 Å². The quantitative estimate of drug-likeness (QED) is 0.487. The number of benzene rings is 2. The van der Waals surface area contributed by atoms with E-state index in [0.29, 0.717) is 11.1 Å². The molecule has 6 nitrogen and oxygen atoms in total. The van der Waals surface area contributed by atoms with Crippen LogP contribution in [0.4, 0.5) is 5.69 Å². The molecule has 1 saturated heterocycles. The molecule has 3 aromatic rings. The Bertz CT molecular complexity index is 1190. The fraction of sp³-hybridized carbons (Fsp3) is 0.292. The zero-order valence-electron chi connectivity index (χ0n) is 17.2. The fourth-order valence-corrected chi connectivity index (χ4v) is 3.75. The van der Waals surface area contributed by atoms with Gasteiger partial charge in [0.15, 0.2) is 0 Å². The van der Waals surface area contributed by atoms with Gasteiger partial charge in [-0.25, -0.2) is 4.79 Å². The first-order valence-electron chi connectivity index (χ1n) is 9.90. The van der Waals surface area contributed by atoms with E-state index in [1.54, 1.807) is 4.90 Å². The van der Waals surface area contributed by atoms with Gasteiger partial charge in [0.25, 0.3) is 0 Å². The smallest absolute Gasteiger partial charge is 0.336 e. The Hall–Kier alpha value is -3.41. The number of rotatable bonds is 4. The molecule has 6 heteroatoms. The van der Waals surface area contributed by atoms with Gasteiger partial charge >= 0.3 is 11.6 Å². The van der Waals surface area contributed by atoms with E-state index in [4.69, 9.17) is 9.15 Å². The van der Waals surface area contributed by atoms with Crippen molar-refractivity contribution in [3.63, 3.8) is 0 Å². The minimum absolute atomic E-state index is 0.0430. The summed E-state index contributed by atoms with van der Waals surface area (Å²) in [7, 11) is 0. The molecule has 1 aliphatic heterocycles. The largest absolute Gasteiger partial charge is 0.461 e. The van der Waals surface area contributed by atoms with Gasteiger partial charge in [0, 0.05) is 35.7 Å². The van der Waals surface area contributed by atoms with Gasteiger partial charge < -0.3 is 14.1 Å². The lowest BCUT2D eigenvalue weighted by molar-refractivity contribution is -0.149. The summed E-state index contributed by atoms with van der Waals surface area (Å²) in [6.45, 7) is 6.06. The molecular weight excluding hydrogens is 382 g/mol. The molecular formula is C24H23NO5. The van der Waals surface area contributed by atoms with Crippen LogP contribution in [-0.4, -0.2) is 18.4 Å². The van der Waals surface area contributed by atoms with Crippen molar-refractivity contribution in [2.45, 2.75) is 33.8 Å². The monoisotopic (exact) mass is 405 g/mol. The van der Waals surface area contributed by atoms with Crippen LogP contribution in [0.1, 0.15) is 28.7 Å². The summed E-state index contributed by atoms with van der Waals surface area (Å²) >= 11 is 0. The summed E-state index contributed by atoms with van der Waals surface area (Å²) in [5.74, 6) is -1.07. The van der Waals surface area contributed by atoms with Gasteiger partial charge in [0.1, 0.15) is 12.2 Å². The molecule has 154 valence electrons. The van der Waals surface area contributed by atoms with Crippen molar-refractivity contribution in [1.82, 2.24) is 0 Å². The average Bonchev–Trinajstić information content (AvgIpc) is 3.11. The lowest BCUT2D eigenvalue weighted by atomic mass is 10.0. The van der Waals surface area contributed by atoms with Crippen molar-refractivity contribution in [1.29, 1.82) is 0 Å². The molecule has 1 amide bonds. The van der Waals surface area contributed by atoms with Crippen LogP contribution < -0.4 is 10.5 Å². The molecule has 30 heavy (non-hydrogen) atoms. The summed E-state index contributed by atoms with van der Waals surface area (Å²) in [6.07, 6.45) is 0.114. The predicted octanol–water partition coefficient (Wildman–Crippen LogP) is 3.81. The van der Waals surface area contributed by atoms with E-state index in [9.17, 15) is 14.4 Å². The van der Waals surface area contributed by atoms with Crippen molar-refractivity contribution in [3.8, 4) is 0 Å². The second-order valence-electron chi connectivity index (χ2n) is 7.82. The Kier molecular flexibility index (Phi) is 5.16. The van der Waals surface area contributed by atoms with E-state index >= 15 is 0 Å². The van der Waals surface area contributed by atoms with Gasteiger partial charge in [-0.05, 0) is 44.0 Å². The first-order valence-corrected chi connectivity index (χ1v) is 9.90. The first kappa shape index (κ1) is 19.9. The number of carbonyl (C=O) groups is 2. The SMILES string of the molecule is Cc1ccc(N2CC(C(=O)OCc3cc(=O)oc4c(C)c(C)ccc34)CC2=O)cc1. The molecule has 0 saturated carbocycles. The zero-order valence-corrected chi connectivity index (χ0v) is 17.2. The summed E-state index contributed by atoms with van der Waals surface area (Å²) in [4.78, 5) is 38.6. The molecule has 2 heterocycles. The Morgan fingerprint density at radius 2 is 1.83 bits per heavy atom. The van der Waals surface area contributed by atoms with E-state index < -0.39 is 17.5 Å². The van der Waals surface area contributed by atoms with Gasteiger partial charge in [0.05, 0.1) is 5.92 Å². The molecule has 0 radical (unpaired) electrons. The van der Waals surface area contributed by atoms with Gasteiger partial charge in [0.2, 0.25) is 5.91 Å². The number of hydrogen-bond donors (Lipinski definition) is 0. The Morgan fingerprint density at radius 1 is 1.10 bits per heavy atom. The van der Waals surface area contributed by atoms with Crippen molar-refractivity contribution in [2.24, 2.45) is 5.92 Å². The number of amides is 1. The topological polar surface area (TPSA) is 76.8 Å². The summed E-state index contributed by atoms with van der Waals surface area (Å²) in [5, 5.41) is 0.745. The van der Waals surface area contributed by atoms with Crippen LogP contribution in [0.25, 0.3) is 11.0 Å².